The molecule has 0 fully saturated rings. The van der Waals surface area contributed by atoms with Gasteiger partial charge in [0, 0.05) is 12.0 Å². The molecule has 1 nitrogen and oxygen atoms in total. The number of Topliss-reactive ketones (excluding diaryl/α,β-unsaturated/α-hetero) is 1. The molecule has 5 heteroatoms. The summed E-state index contributed by atoms with van der Waals surface area (Å²) in [6, 6.07) is 6.77. The van der Waals surface area contributed by atoms with E-state index in [1.165, 1.54) is 12.1 Å². The summed E-state index contributed by atoms with van der Waals surface area (Å²) in [7, 11) is 0. The molecule has 0 heterocycles. The van der Waals surface area contributed by atoms with Crippen LogP contribution in [0.4, 0.5) is 13.2 Å². The van der Waals surface area contributed by atoms with Crippen molar-refractivity contribution in [2.24, 2.45) is 0 Å². The van der Waals surface area contributed by atoms with E-state index in [0.29, 0.717) is 0 Å². The van der Waals surface area contributed by atoms with E-state index in [1.54, 1.807) is 0 Å². The Morgan fingerprint density at radius 1 is 1.00 bits per heavy atom. The van der Waals surface area contributed by atoms with Gasteiger partial charge in [-0.25, -0.2) is 13.2 Å². The Morgan fingerprint density at radius 3 is 2.42 bits per heavy atom. The summed E-state index contributed by atoms with van der Waals surface area (Å²) in [5, 5.41) is 0. The number of rotatable bonds is 3. The standard InChI is InChI=1S/C14H8BrF3O/c15-11-3-1-8(6-13(11)18)14(19)7-9-5-10(16)2-4-12(9)17/h1-6H,7H2. The van der Waals surface area contributed by atoms with Crippen molar-refractivity contribution in [3.8, 4) is 0 Å². The van der Waals surface area contributed by atoms with Crippen molar-refractivity contribution in [3.05, 3.63) is 69.4 Å². The number of halogens is 4. The molecule has 0 amide bonds. The van der Waals surface area contributed by atoms with Crippen LogP contribution in [0.3, 0.4) is 0 Å². The smallest absolute Gasteiger partial charge is 0.167 e. The van der Waals surface area contributed by atoms with Gasteiger partial charge in [0.25, 0.3) is 0 Å². The lowest BCUT2D eigenvalue weighted by Gasteiger charge is -2.04. The Hall–Kier alpha value is -1.62. The molecule has 0 aromatic heterocycles. The van der Waals surface area contributed by atoms with E-state index < -0.39 is 23.2 Å². The molecule has 2 aromatic rings. The molecule has 2 aromatic carbocycles. The molecule has 0 bridgehead atoms. The number of benzene rings is 2. The highest BCUT2D eigenvalue weighted by Gasteiger charge is 2.13. The maximum atomic E-state index is 13.4. The number of carbonyl (C=O) groups is 1. The normalized spacial score (nSPS) is 10.5. The lowest BCUT2D eigenvalue weighted by molar-refractivity contribution is 0.0991. The van der Waals surface area contributed by atoms with Crippen LogP contribution in [0.1, 0.15) is 15.9 Å². The van der Waals surface area contributed by atoms with Crippen molar-refractivity contribution in [2.75, 3.05) is 0 Å². The van der Waals surface area contributed by atoms with Crippen LogP contribution in [0.25, 0.3) is 0 Å². The molecule has 2 rings (SSSR count). The number of ketones is 1. The quantitative estimate of drug-likeness (QED) is 0.768. The summed E-state index contributed by atoms with van der Waals surface area (Å²) in [6.45, 7) is 0. The van der Waals surface area contributed by atoms with E-state index >= 15 is 0 Å². The predicted octanol–water partition coefficient (Wildman–Crippen LogP) is 4.29. The van der Waals surface area contributed by atoms with Gasteiger partial charge in [0.1, 0.15) is 17.5 Å². The molecule has 0 aliphatic heterocycles. The van der Waals surface area contributed by atoms with Gasteiger partial charge in [-0.15, -0.1) is 0 Å². The molecule has 0 N–H and O–H groups in total. The van der Waals surface area contributed by atoms with Gasteiger partial charge in [-0.2, -0.15) is 0 Å². The zero-order valence-corrected chi connectivity index (χ0v) is 11.2. The third kappa shape index (κ3) is 3.23. The van der Waals surface area contributed by atoms with E-state index in [1.807, 2.05) is 0 Å². The second kappa shape index (κ2) is 5.57. The molecule has 0 aliphatic carbocycles. The topological polar surface area (TPSA) is 17.1 Å². The monoisotopic (exact) mass is 328 g/mol. The van der Waals surface area contributed by atoms with Gasteiger partial charge in [0.05, 0.1) is 4.47 Å². The molecule has 98 valence electrons. The highest BCUT2D eigenvalue weighted by atomic mass is 79.9. The maximum Gasteiger partial charge on any atom is 0.167 e. The van der Waals surface area contributed by atoms with Gasteiger partial charge in [-0.3, -0.25) is 4.79 Å². The first-order valence-corrected chi connectivity index (χ1v) is 6.19. The van der Waals surface area contributed by atoms with Gasteiger partial charge in [0.15, 0.2) is 5.78 Å². The molecule has 0 radical (unpaired) electrons. The largest absolute Gasteiger partial charge is 0.294 e. The molecule has 0 atom stereocenters. The third-order valence-corrected chi connectivity index (χ3v) is 3.24. The van der Waals surface area contributed by atoms with Crippen molar-refractivity contribution in [2.45, 2.75) is 6.42 Å². The summed E-state index contributed by atoms with van der Waals surface area (Å²) in [5.74, 6) is -2.33. The van der Waals surface area contributed by atoms with E-state index in [9.17, 15) is 18.0 Å². The van der Waals surface area contributed by atoms with Crippen LogP contribution in [-0.2, 0) is 6.42 Å². The molecule has 0 aliphatic rings. The minimum absolute atomic E-state index is 0.0478. The predicted molar refractivity (Wildman–Crippen MR) is 68.5 cm³/mol. The summed E-state index contributed by atoms with van der Waals surface area (Å²) in [4.78, 5) is 11.9. The minimum atomic E-state index is -0.660. The van der Waals surface area contributed by atoms with Crippen LogP contribution in [-0.4, -0.2) is 5.78 Å². The lowest BCUT2D eigenvalue weighted by Crippen LogP contribution is -2.06. The van der Waals surface area contributed by atoms with Crippen molar-refractivity contribution < 1.29 is 18.0 Å². The first kappa shape index (κ1) is 13.8. The third-order valence-electron chi connectivity index (χ3n) is 2.60. The molecular weight excluding hydrogens is 321 g/mol. The Labute approximate surface area is 116 Å². The lowest BCUT2D eigenvalue weighted by atomic mass is 10.0. The number of hydrogen-bond donors (Lipinski definition) is 0. The summed E-state index contributed by atoms with van der Waals surface area (Å²) < 4.78 is 39.9. The van der Waals surface area contributed by atoms with Crippen LogP contribution in [0.2, 0.25) is 0 Å². The second-order valence-corrected chi connectivity index (χ2v) is 4.82. The summed E-state index contributed by atoms with van der Waals surface area (Å²) >= 11 is 2.97. The average molecular weight is 329 g/mol. The van der Waals surface area contributed by atoms with Gasteiger partial charge in [-0.1, -0.05) is 6.07 Å². The van der Waals surface area contributed by atoms with Crippen molar-refractivity contribution >= 4 is 21.7 Å². The Balaban J connectivity index is 2.25. The van der Waals surface area contributed by atoms with Gasteiger partial charge < -0.3 is 0 Å². The van der Waals surface area contributed by atoms with Crippen LogP contribution < -0.4 is 0 Å². The van der Waals surface area contributed by atoms with E-state index in [4.69, 9.17) is 0 Å². The highest BCUT2D eigenvalue weighted by molar-refractivity contribution is 9.10. The van der Waals surface area contributed by atoms with E-state index in [2.05, 4.69) is 15.9 Å². The fraction of sp³-hybridized carbons (Fsp3) is 0.0714. The average Bonchev–Trinajstić information content (AvgIpc) is 2.37. The van der Waals surface area contributed by atoms with Crippen LogP contribution in [0.5, 0.6) is 0 Å². The zero-order chi connectivity index (χ0) is 14.0. The molecule has 0 saturated carbocycles. The van der Waals surface area contributed by atoms with Gasteiger partial charge >= 0.3 is 0 Å². The van der Waals surface area contributed by atoms with Gasteiger partial charge in [0.2, 0.25) is 0 Å². The summed E-state index contributed by atoms with van der Waals surface area (Å²) in [6.07, 6.45) is -0.315. The zero-order valence-electron chi connectivity index (χ0n) is 9.59. The molecule has 0 saturated heterocycles. The van der Waals surface area contributed by atoms with Crippen LogP contribution in [0, 0.1) is 17.5 Å². The maximum absolute atomic E-state index is 13.4. The highest BCUT2D eigenvalue weighted by Crippen LogP contribution is 2.18. The fourth-order valence-corrected chi connectivity index (χ4v) is 1.87. The molecule has 19 heavy (non-hydrogen) atoms. The van der Waals surface area contributed by atoms with Crippen LogP contribution >= 0.6 is 15.9 Å². The Kier molecular flexibility index (Phi) is 4.04. The summed E-state index contributed by atoms with van der Waals surface area (Å²) in [5.41, 5.74) is 0.0673. The Morgan fingerprint density at radius 2 is 1.74 bits per heavy atom. The van der Waals surface area contributed by atoms with Crippen LogP contribution in [0.15, 0.2) is 40.9 Å². The SMILES string of the molecule is O=C(Cc1cc(F)ccc1F)c1ccc(Br)c(F)c1. The van der Waals surface area contributed by atoms with Crippen molar-refractivity contribution in [3.63, 3.8) is 0 Å². The Bertz CT molecular complexity index is 641. The molecular formula is C14H8BrF3O. The van der Waals surface area contributed by atoms with E-state index in [0.717, 1.165) is 24.3 Å². The molecule has 0 spiro atoms. The minimum Gasteiger partial charge on any atom is -0.294 e. The first-order valence-electron chi connectivity index (χ1n) is 5.39. The molecule has 0 unspecified atom stereocenters. The second-order valence-electron chi connectivity index (χ2n) is 3.96. The number of carbonyl (C=O) groups excluding carboxylic acids is 1. The van der Waals surface area contributed by atoms with Crippen molar-refractivity contribution in [1.29, 1.82) is 0 Å². The van der Waals surface area contributed by atoms with Crippen molar-refractivity contribution in [1.82, 2.24) is 0 Å². The van der Waals surface area contributed by atoms with E-state index in [-0.39, 0.29) is 22.0 Å². The van der Waals surface area contributed by atoms with Gasteiger partial charge in [-0.05, 0) is 51.8 Å². The number of hydrogen-bond acceptors (Lipinski definition) is 1. The first-order chi connectivity index (χ1) is 8.97. The fourth-order valence-electron chi connectivity index (χ4n) is 1.62.